The largest absolute Gasteiger partial charge is 0.389 e. The van der Waals surface area contributed by atoms with Gasteiger partial charge in [0.1, 0.15) is 5.82 Å². The summed E-state index contributed by atoms with van der Waals surface area (Å²) >= 11 is 0. The highest BCUT2D eigenvalue weighted by Crippen LogP contribution is 2.26. The van der Waals surface area contributed by atoms with Crippen LogP contribution in [0.25, 0.3) is 0 Å². The first-order valence-electron chi connectivity index (χ1n) is 5.40. The topological polar surface area (TPSA) is 60.8 Å². The van der Waals surface area contributed by atoms with Gasteiger partial charge in [0.15, 0.2) is 5.78 Å². The number of ketones is 1. The summed E-state index contributed by atoms with van der Waals surface area (Å²) < 4.78 is 13.1. The number of carbonyl (C=O) groups is 1. The molecule has 0 aliphatic carbocycles. The summed E-state index contributed by atoms with van der Waals surface area (Å²) in [6.07, 6.45) is -1.67. The average molecular weight is 239 g/mol. The standard InChI is InChI=1S/C12H14FNO3/c1-7(15)9-4-8(13)2-3-10(9)14-5-11(16)12(17)6-14/h2-4,11-12,16-17H,5-6H2,1H3. The third-order valence-corrected chi connectivity index (χ3v) is 2.94. The number of halogens is 1. The maximum atomic E-state index is 13.1. The molecule has 2 atom stereocenters. The molecule has 0 spiro atoms. The minimum Gasteiger partial charge on any atom is -0.389 e. The maximum Gasteiger partial charge on any atom is 0.161 e. The van der Waals surface area contributed by atoms with E-state index in [4.69, 9.17) is 0 Å². The molecule has 1 fully saturated rings. The number of hydrogen-bond donors (Lipinski definition) is 2. The van der Waals surface area contributed by atoms with Gasteiger partial charge in [0.05, 0.1) is 12.2 Å². The third kappa shape index (κ3) is 2.30. The zero-order valence-corrected chi connectivity index (χ0v) is 9.43. The highest BCUT2D eigenvalue weighted by Gasteiger charge is 2.31. The van der Waals surface area contributed by atoms with E-state index in [-0.39, 0.29) is 24.4 Å². The smallest absolute Gasteiger partial charge is 0.161 e. The molecule has 2 unspecified atom stereocenters. The Morgan fingerprint density at radius 3 is 2.47 bits per heavy atom. The van der Waals surface area contributed by atoms with Gasteiger partial charge in [-0.3, -0.25) is 4.79 Å². The number of anilines is 1. The molecule has 92 valence electrons. The molecule has 0 aromatic heterocycles. The van der Waals surface area contributed by atoms with E-state index < -0.39 is 18.0 Å². The Kier molecular flexibility index (Phi) is 3.13. The van der Waals surface area contributed by atoms with Crippen molar-refractivity contribution in [2.24, 2.45) is 0 Å². The Morgan fingerprint density at radius 1 is 1.35 bits per heavy atom. The van der Waals surface area contributed by atoms with Crippen molar-refractivity contribution in [2.75, 3.05) is 18.0 Å². The number of β-amino-alcohol motifs (C(OH)–C–C–N with tert-alkyl or cyclic N) is 2. The molecule has 1 aliphatic rings. The zero-order valence-electron chi connectivity index (χ0n) is 9.43. The molecule has 2 N–H and O–H groups in total. The molecule has 5 heteroatoms. The van der Waals surface area contributed by atoms with E-state index in [1.165, 1.54) is 25.1 Å². The summed E-state index contributed by atoms with van der Waals surface area (Å²) in [6, 6.07) is 3.93. The first kappa shape index (κ1) is 12.0. The van der Waals surface area contributed by atoms with Crippen LogP contribution in [0.2, 0.25) is 0 Å². The molecule has 0 saturated carbocycles. The lowest BCUT2D eigenvalue weighted by atomic mass is 10.1. The molecule has 1 aliphatic heterocycles. The second-order valence-electron chi connectivity index (χ2n) is 4.26. The van der Waals surface area contributed by atoms with Crippen LogP contribution in [-0.4, -0.2) is 41.3 Å². The van der Waals surface area contributed by atoms with Crippen molar-refractivity contribution in [3.63, 3.8) is 0 Å². The molecule has 2 rings (SSSR count). The molecule has 0 radical (unpaired) electrons. The molecule has 1 aromatic rings. The predicted octanol–water partition coefficient (Wildman–Crippen LogP) is 0.570. The van der Waals surface area contributed by atoms with Gasteiger partial charge in [0.25, 0.3) is 0 Å². The van der Waals surface area contributed by atoms with Crippen LogP contribution in [0.1, 0.15) is 17.3 Å². The van der Waals surface area contributed by atoms with E-state index >= 15 is 0 Å². The Hall–Kier alpha value is -1.46. The number of hydrogen-bond acceptors (Lipinski definition) is 4. The number of Topliss-reactive ketones (excluding diaryl/α,β-unsaturated/α-hetero) is 1. The Morgan fingerprint density at radius 2 is 1.94 bits per heavy atom. The monoisotopic (exact) mass is 239 g/mol. The quantitative estimate of drug-likeness (QED) is 0.741. The summed E-state index contributed by atoms with van der Waals surface area (Å²) in [5, 5.41) is 18.9. The number of benzene rings is 1. The highest BCUT2D eigenvalue weighted by atomic mass is 19.1. The minimum absolute atomic E-state index is 0.240. The lowest BCUT2D eigenvalue weighted by Gasteiger charge is -2.20. The molecule has 0 amide bonds. The molecular formula is C12H14FNO3. The lowest BCUT2D eigenvalue weighted by molar-refractivity contribution is 0.0572. The maximum absolute atomic E-state index is 13.1. The van der Waals surface area contributed by atoms with Crippen molar-refractivity contribution >= 4 is 11.5 Å². The normalized spacial score (nSPS) is 24.1. The molecule has 4 nitrogen and oxygen atoms in total. The molecule has 1 saturated heterocycles. The fraction of sp³-hybridized carbons (Fsp3) is 0.417. The number of nitrogens with zero attached hydrogens (tertiary/aromatic N) is 1. The van der Waals surface area contributed by atoms with Crippen LogP contribution in [0.3, 0.4) is 0 Å². The molecular weight excluding hydrogens is 225 g/mol. The van der Waals surface area contributed by atoms with Crippen LogP contribution in [0.15, 0.2) is 18.2 Å². The highest BCUT2D eigenvalue weighted by molar-refractivity contribution is 5.99. The van der Waals surface area contributed by atoms with Crippen LogP contribution in [0.4, 0.5) is 10.1 Å². The van der Waals surface area contributed by atoms with Gasteiger partial charge in [-0.2, -0.15) is 0 Å². The number of carbonyl (C=O) groups excluding carboxylic acids is 1. The van der Waals surface area contributed by atoms with E-state index in [0.717, 1.165) is 0 Å². The Balaban J connectivity index is 2.36. The lowest BCUT2D eigenvalue weighted by Crippen LogP contribution is -2.23. The zero-order chi connectivity index (χ0) is 12.6. The van der Waals surface area contributed by atoms with Gasteiger partial charge in [-0.25, -0.2) is 4.39 Å². The van der Waals surface area contributed by atoms with Crippen molar-refractivity contribution in [3.8, 4) is 0 Å². The summed E-state index contributed by atoms with van der Waals surface area (Å²) in [5.41, 5.74) is 0.820. The van der Waals surface area contributed by atoms with Crippen molar-refractivity contribution < 1.29 is 19.4 Å². The first-order chi connectivity index (χ1) is 7.99. The number of aliphatic hydroxyl groups is 2. The van der Waals surface area contributed by atoms with Crippen LogP contribution in [0.5, 0.6) is 0 Å². The summed E-state index contributed by atoms with van der Waals surface area (Å²) in [7, 11) is 0. The minimum atomic E-state index is -0.833. The van der Waals surface area contributed by atoms with E-state index in [9.17, 15) is 19.4 Å². The molecule has 0 bridgehead atoms. The van der Waals surface area contributed by atoms with Crippen molar-refractivity contribution in [1.29, 1.82) is 0 Å². The summed E-state index contributed by atoms with van der Waals surface area (Å²) in [4.78, 5) is 13.1. The van der Waals surface area contributed by atoms with Crippen molar-refractivity contribution in [3.05, 3.63) is 29.6 Å². The van der Waals surface area contributed by atoms with Gasteiger partial charge in [0, 0.05) is 24.3 Å². The van der Waals surface area contributed by atoms with Gasteiger partial charge < -0.3 is 15.1 Å². The summed E-state index contributed by atoms with van der Waals surface area (Å²) in [5.74, 6) is -0.713. The predicted molar refractivity (Wildman–Crippen MR) is 60.6 cm³/mol. The van der Waals surface area contributed by atoms with Crippen LogP contribution < -0.4 is 4.90 Å². The fourth-order valence-electron chi connectivity index (χ4n) is 2.03. The Bertz CT molecular complexity index is 439. The van der Waals surface area contributed by atoms with Gasteiger partial charge in [-0.1, -0.05) is 0 Å². The SMILES string of the molecule is CC(=O)c1cc(F)ccc1N1CC(O)C(O)C1. The molecule has 1 heterocycles. The molecule has 1 aromatic carbocycles. The molecule has 17 heavy (non-hydrogen) atoms. The fourth-order valence-corrected chi connectivity index (χ4v) is 2.03. The van der Waals surface area contributed by atoms with Crippen molar-refractivity contribution in [2.45, 2.75) is 19.1 Å². The van der Waals surface area contributed by atoms with Gasteiger partial charge in [-0.15, -0.1) is 0 Å². The van der Waals surface area contributed by atoms with Crippen LogP contribution in [-0.2, 0) is 0 Å². The van der Waals surface area contributed by atoms with Gasteiger partial charge in [-0.05, 0) is 25.1 Å². The van der Waals surface area contributed by atoms with Gasteiger partial charge in [0.2, 0.25) is 0 Å². The number of aliphatic hydroxyl groups excluding tert-OH is 2. The third-order valence-electron chi connectivity index (χ3n) is 2.94. The van der Waals surface area contributed by atoms with E-state index in [1.807, 2.05) is 0 Å². The van der Waals surface area contributed by atoms with E-state index in [2.05, 4.69) is 0 Å². The first-order valence-corrected chi connectivity index (χ1v) is 5.40. The average Bonchev–Trinajstić information content (AvgIpc) is 2.59. The summed E-state index contributed by atoms with van der Waals surface area (Å²) in [6.45, 7) is 1.85. The van der Waals surface area contributed by atoms with Crippen LogP contribution in [0, 0.1) is 5.82 Å². The van der Waals surface area contributed by atoms with Gasteiger partial charge >= 0.3 is 0 Å². The Labute approximate surface area is 98.3 Å². The van der Waals surface area contributed by atoms with E-state index in [0.29, 0.717) is 5.69 Å². The second kappa shape index (κ2) is 4.43. The second-order valence-corrected chi connectivity index (χ2v) is 4.26. The van der Waals surface area contributed by atoms with Crippen LogP contribution >= 0.6 is 0 Å². The number of rotatable bonds is 2. The van der Waals surface area contributed by atoms with E-state index in [1.54, 1.807) is 4.90 Å². The van der Waals surface area contributed by atoms with Crippen molar-refractivity contribution in [1.82, 2.24) is 0 Å².